The number of aryl methyl sites for hydroxylation is 1. The third-order valence-electron chi connectivity index (χ3n) is 13.9. The Morgan fingerprint density at radius 3 is 2.00 bits per heavy atom. The number of halogens is 1. The largest absolute Gasteiger partial charge is 0.497 e. The molecule has 1 fully saturated rings. The zero-order valence-electron chi connectivity index (χ0n) is 43.9. The molecule has 0 bridgehead atoms. The predicted octanol–water partition coefficient (Wildman–Crippen LogP) is 12.4. The van der Waals surface area contributed by atoms with Gasteiger partial charge in [0.2, 0.25) is 0 Å². The van der Waals surface area contributed by atoms with Gasteiger partial charge >= 0.3 is 6.09 Å². The lowest BCUT2D eigenvalue weighted by molar-refractivity contribution is -0.198. The van der Waals surface area contributed by atoms with Crippen molar-refractivity contribution in [3.63, 3.8) is 0 Å². The maximum absolute atomic E-state index is 14.6. The Balaban J connectivity index is 0.840. The number of alkyl halides is 1. The van der Waals surface area contributed by atoms with Gasteiger partial charge in [-0.15, -0.1) is 0 Å². The second kappa shape index (κ2) is 23.5. The first-order valence-corrected chi connectivity index (χ1v) is 27.4. The van der Waals surface area contributed by atoms with E-state index >= 15 is 0 Å². The van der Waals surface area contributed by atoms with Crippen molar-refractivity contribution in [1.29, 1.82) is 0 Å². The first-order valence-electron chi connectivity index (χ1n) is 25.9. The molecule has 5 aromatic carbocycles. The lowest BCUT2D eigenvalue weighted by Crippen LogP contribution is -2.35. The highest BCUT2D eigenvalue weighted by Crippen LogP contribution is 2.36. The van der Waals surface area contributed by atoms with Crippen LogP contribution in [0.1, 0.15) is 44.2 Å². The van der Waals surface area contributed by atoms with E-state index in [-0.39, 0.29) is 31.1 Å². The van der Waals surface area contributed by atoms with Crippen molar-refractivity contribution in [3.05, 3.63) is 175 Å². The highest BCUT2D eigenvalue weighted by Gasteiger charge is 2.30. The van der Waals surface area contributed by atoms with Gasteiger partial charge in [0, 0.05) is 41.9 Å². The summed E-state index contributed by atoms with van der Waals surface area (Å²) in [6.07, 6.45) is 6.62. The molecule has 78 heavy (non-hydrogen) atoms. The third-order valence-corrected chi connectivity index (χ3v) is 15.2. The van der Waals surface area contributed by atoms with Crippen molar-refractivity contribution in [2.75, 3.05) is 33.6 Å². The first kappa shape index (κ1) is 53.7. The number of hydrogen-bond acceptors (Lipinski definition) is 12. The minimum atomic E-state index is -4.03. The van der Waals surface area contributed by atoms with Crippen molar-refractivity contribution in [1.82, 2.24) is 19.1 Å². The van der Waals surface area contributed by atoms with Crippen LogP contribution in [0.15, 0.2) is 169 Å². The summed E-state index contributed by atoms with van der Waals surface area (Å²) in [6, 6.07) is 43.6. The van der Waals surface area contributed by atoms with E-state index in [1.165, 1.54) is 12.1 Å². The number of aliphatic hydroxyl groups excluding tert-OH is 1. The smallest absolute Gasteiger partial charge is 0.419 e. The van der Waals surface area contributed by atoms with Crippen LogP contribution in [0.2, 0.25) is 0 Å². The van der Waals surface area contributed by atoms with Gasteiger partial charge in [-0.2, -0.15) is 8.42 Å². The Labute approximate surface area is 453 Å². The molecule has 1 aliphatic heterocycles. The minimum Gasteiger partial charge on any atom is -0.497 e. The van der Waals surface area contributed by atoms with Crippen LogP contribution in [0, 0.1) is 6.92 Å². The van der Waals surface area contributed by atoms with Gasteiger partial charge in [0.1, 0.15) is 42.6 Å². The molecule has 402 valence electrons. The van der Waals surface area contributed by atoms with E-state index in [4.69, 9.17) is 27.9 Å². The van der Waals surface area contributed by atoms with Gasteiger partial charge < -0.3 is 33.4 Å². The number of carbonyl (C=O) groups is 1. The number of fused-ring (bicyclic) bond motifs is 2. The fourth-order valence-corrected chi connectivity index (χ4v) is 10.7. The average molecular weight is 1070 g/mol. The summed E-state index contributed by atoms with van der Waals surface area (Å²) in [4.78, 5) is 23.6. The molecule has 1 N–H and O–H groups in total. The molecule has 3 unspecified atom stereocenters. The van der Waals surface area contributed by atoms with Crippen LogP contribution < -0.4 is 9.47 Å². The van der Waals surface area contributed by atoms with Crippen LogP contribution in [0.25, 0.3) is 66.6 Å². The summed E-state index contributed by atoms with van der Waals surface area (Å²) >= 11 is 0. The quantitative estimate of drug-likeness (QED) is 0.0720. The summed E-state index contributed by atoms with van der Waals surface area (Å²) in [5.41, 5.74) is 8.94. The van der Waals surface area contributed by atoms with Gasteiger partial charge in [-0.05, 0) is 134 Å². The zero-order chi connectivity index (χ0) is 54.4. The predicted molar refractivity (Wildman–Crippen MR) is 298 cm³/mol. The fraction of sp³-hybridized carbons (Fsp3) is 0.274. The van der Waals surface area contributed by atoms with E-state index in [0.717, 1.165) is 79.6 Å². The summed E-state index contributed by atoms with van der Waals surface area (Å²) in [7, 11) is -2.40. The van der Waals surface area contributed by atoms with E-state index in [0.29, 0.717) is 35.5 Å². The Morgan fingerprint density at radius 2 is 1.37 bits per heavy atom. The van der Waals surface area contributed by atoms with E-state index < -0.39 is 47.0 Å². The van der Waals surface area contributed by atoms with Crippen LogP contribution in [0.5, 0.6) is 11.5 Å². The molecule has 0 spiro atoms. The van der Waals surface area contributed by atoms with Crippen LogP contribution in [0.3, 0.4) is 0 Å². The molecule has 0 radical (unpaired) electrons. The normalized spacial score (nSPS) is 14.8. The maximum Gasteiger partial charge on any atom is 0.419 e. The Morgan fingerprint density at radius 1 is 0.756 bits per heavy atom. The molecule has 0 saturated carbocycles. The van der Waals surface area contributed by atoms with Gasteiger partial charge in [0.05, 0.1) is 54.3 Å². The lowest BCUT2D eigenvalue weighted by atomic mass is 9.97. The molecule has 14 nitrogen and oxygen atoms in total. The number of aromatic nitrogens is 4. The molecular formula is C62H61FN4O10S. The Kier molecular flexibility index (Phi) is 16.2. The molecule has 5 heterocycles. The number of rotatable bonds is 20. The molecule has 0 aliphatic carbocycles. The summed E-state index contributed by atoms with van der Waals surface area (Å²) in [5, 5.41) is 12.3. The average Bonchev–Trinajstić information content (AvgIpc) is 4.14. The van der Waals surface area contributed by atoms with Gasteiger partial charge in [0.25, 0.3) is 10.1 Å². The summed E-state index contributed by atoms with van der Waals surface area (Å²) in [5.74, 6) is 1.33. The van der Waals surface area contributed by atoms with E-state index in [1.807, 2.05) is 141 Å². The van der Waals surface area contributed by atoms with Gasteiger partial charge in [-0.25, -0.2) is 13.8 Å². The molecular weight excluding hydrogens is 1010 g/mol. The molecule has 0 amide bonds. The number of benzene rings is 5. The van der Waals surface area contributed by atoms with Crippen LogP contribution in [-0.4, -0.2) is 96.4 Å². The standard InChI is InChI=1S/C62H61FN4O10S/c1-41-8-26-54(27-9-41)78(70,71)75-40-53(76-60-7-5-6-30-73-60)39-74-52-24-20-45(21-25-52)43-12-16-47(17-13-43)57-31-48-28-29-64-36-58(48)67(57)61(69)77-62(2,3)33-49-35-65-37-59-55(49)32-56(66(59)38-50(68)34-63)46-14-10-42(11-15-46)44-18-22-51(72-4)23-19-44/h8-29,31-32,35-37,50,53,60,68H,5-7,30,33-34,38-40H2,1-4H3. The van der Waals surface area contributed by atoms with E-state index in [9.17, 15) is 22.7 Å². The summed E-state index contributed by atoms with van der Waals surface area (Å²) in [6.45, 7) is 5.04. The van der Waals surface area contributed by atoms with Crippen LogP contribution in [-0.2, 0) is 41.5 Å². The maximum atomic E-state index is 14.6. The third kappa shape index (κ3) is 12.3. The highest BCUT2D eigenvalue weighted by atomic mass is 32.2. The highest BCUT2D eigenvalue weighted by molar-refractivity contribution is 7.86. The van der Waals surface area contributed by atoms with Gasteiger partial charge in [-0.1, -0.05) is 90.5 Å². The number of carbonyl (C=O) groups excluding carboxylic acids is 1. The van der Waals surface area contributed by atoms with Crippen molar-refractivity contribution < 1.29 is 50.6 Å². The minimum absolute atomic E-state index is 0.0117. The Hall–Kier alpha value is -7.73. The van der Waals surface area contributed by atoms with Gasteiger partial charge in [-0.3, -0.25) is 14.2 Å². The van der Waals surface area contributed by atoms with E-state index in [2.05, 4.69) is 9.97 Å². The van der Waals surface area contributed by atoms with Crippen molar-refractivity contribution >= 4 is 38.0 Å². The molecule has 4 aromatic heterocycles. The van der Waals surface area contributed by atoms with Crippen LogP contribution >= 0.6 is 0 Å². The number of aliphatic hydroxyl groups is 1. The molecule has 1 saturated heterocycles. The van der Waals surface area contributed by atoms with Crippen LogP contribution in [0.4, 0.5) is 9.18 Å². The summed E-state index contributed by atoms with van der Waals surface area (Å²) < 4.78 is 78.7. The number of pyridine rings is 2. The molecule has 16 heteroatoms. The number of ether oxygens (including phenoxy) is 5. The fourth-order valence-electron chi connectivity index (χ4n) is 9.78. The number of hydrogen-bond donors (Lipinski definition) is 1. The first-order chi connectivity index (χ1) is 37.7. The van der Waals surface area contributed by atoms with Crippen molar-refractivity contribution in [2.24, 2.45) is 0 Å². The monoisotopic (exact) mass is 1070 g/mol. The molecule has 3 atom stereocenters. The van der Waals surface area contributed by atoms with Crippen molar-refractivity contribution in [3.8, 4) is 56.3 Å². The van der Waals surface area contributed by atoms with E-state index in [1.54, 1.807) is 48.6 Å². The number of nitrogens with zero attached hydrogens (tertiary/aromatic N) is 4. The Bertz CT molecular complexity index is 3620. The van der Waals surface area contributed by atoms with Gasteiger partial charge in [0.15, 0.2) is 6.29 Å². The lowest BCUT2D eigenvalue weighted by Gasteiger charge is -2.27. The topological polar surface area (TPSA) is 162 Å². The van der Waals surface area contributed by atoms with Crippen molar-refractivity contribution in [2.45, 2.75) is 82.0 Å². The second-order valence-corrected chi connectivity index (χ2v) is 21.7. The second-order valence-electron chi connectivity index (χ2n) is 20.1. The SMILES string of the molecule is COc1ccc(-c2ccc(-c3cc4c(CC(C)(C)OC(=O)n5c(-c6ccc(-c7ccc(OCC(COS(=O)(=O)c8ccc(C)cc8)OC8CCCCO8)cc7)cc6)cc6ccncc65)cncc4n3CC(O)CF)cc2)cc1. The zero-order valence-corrected chi connectivity index (χ0v) is 44.7. The molecule has 10 rings (SSSR count). The molecule has 9 aromatic rings. The molecule has 1 aliphatic rings. The number of methoxy groups -OCH3 is 1.